The van der Waals surface area contributed by atoms with Crippen LogP contribution in [0.4, 0.5) is 22.4 Å². The second-order valence-corrected chi connectivity index (χ2v) is 8.79. The average Bonchev–Trinajstić information content (AvgIpc) is 3.34. The Balaban J connectivity index is 1.82. The summed E-state index contributed by atoms with van der Waals surface area (Å²) in [5, 5.41) is 13.0. The second-order valence-electron chi connectivity index (χ2n) is 6.69. The fraction of sp³-hybridized carbons (Fsp3) is 0.333. The van der Waals surface area contributed by atoms with E-state index in [1.54, 1.807) is 42.6 Å². The Morgan fingerprint density at radius 1 is 1.28 bits per heavy atom. The number of aromatic nitrogens is 4. The Kier molecular flexibility index (Phi) is 7.27. The standard InChI is InChI=1S/C18H23N7O5S2/c1-4-15-19-14(10-31-15)13(9-11-5-7-12(8-6-11)24-32(27,28)29)20-16-21-17(25(2)23-16)22-18(26)30-3/h5-8,10,13,24H,4,9H2,1-3H3,(H,27,28,29)(H2,20,21,22,23,26)/t13-/m0/s1. The van der Waals surface area contributed by atoms with Crippen molar-refractivity contribution in [3.63, 3.8) is 0 Å². The number of hydrogen-bond acceptors (Lipinski definition) is 9. The van der Waals surface area contributed by atoms with E-state index in [4.69, 9.17) is 4.55 Å². The van der Waals surface area contributed by atoms with E-state index in [1.165, 1.54) is 11.8 Å². The lowest BCUT2D eigenvalue weighted by atomic mass is 10.0. The van der Waals surface area contributed by atoms with Gasteiger partial charge in [0.15, 0.2) is 0 Å². The molecule has 0 bridgehead atoms. The van der Waals surface area contributed by atoms with Crippen molar-refractivity contribution in [2.24, 2.45) is 7.05 Å². The van der Waals surface area contributed by atoms with Gasteiger partial charge >= 0.3 is 16.4 Å². The molecule has 0 aliphatic heterocycles. The molecular weight excluding hydrogens is 458 g/mol. The van der Waals surface area contributed by atoms with Gasteiger partial charge in [0.2, 0.25) is 11.9 Å². The summed E-state index contributed by atoms with van der Waals surface area (Å²) >= 11 is 1.55. The number of methoxy groups -OCH3 is 1. The van der Waals surface area contributed by atoms with E-state index in [0.29, 0.717) is 12.4 Å². The van der Waals surface area contributed by atoms with Crippen LogP contribution in [0, 0.1) is 0 Å². The number of aryl methyl sites for hydroxylation is 2. The first kappa shape index (κ1) is 23.4. The molecule has 12 nitrogen and oxygen atoms in total. The van der Waals surface area contributed by atoms with Crippen LogP contribution in [-0.4, -0.2) is 45.9 Å². The van der Waals surface area contributed by atoms with Crippen molar-refractivity contribution in [1.82, 2.24) is 19.7 Å². The third kappa shape index (κ3) is 6.38. The van der Waals surface area contributed by atoms with Gasteiger partial charge in [0, 0.05) is 12.4 Å². The number of nitrogens with one attached hydrogen (secondary N) is 3. The predicted molar refractivity (Wildman–Crippen MR) is 120 cm³/mol. The molecule has 4 N–H and O–H groups in total. The van der Waals surface area contributed by atoms with E-state index in [-0.39, 0.29) is 17.7 Å². The van der Waals surface area contributed by atoms with Crippen LogP contribution >= 0.6 is 11.3 Å². The largest absolute Gasteiger partial charge is 0.453 e. The van der Waals surface area contributed by atoms with Gasteiger partial charge in [-0.1, -0.05) is 19.1 Å². The van der Waals surface area contributed by atoms with Crippen LogP contribution in [0.15, 0.2) is 29.6 Å². The molecule has 1 atom stereocenters. The number of ether oxygens (including phenoxy) is 1. The molecule has 0 unspecified atom stereocenters. The first-order chi connectivity index (χ1) is 15.2. The zero-order valence-electron chi connectivity index (χ0n) is 17.6. The molecule has 0 spiro atoms. The maximum Gasteiger partial charge on any atom is 0.413 e. The first-order valence-corrected chi connectivity index (χ1v) is 11.8. The van der Waals surface area contributed by atoms with Crippen LogP contribution < -0.4 is 15.4 Å². The molecule has 0 aliphatic rings. The minimum absolute atomic E-state index is 0.214. The summed E-state index contributed by atoms with van der Waals surface area (Å²) in [5.41, 5.74) is 1.94. The quantitative estimate of drug-likeness (QED) is 0.337. The molecule has 2 heterocycles. The van der Waals surface area contributed by atoms with Gasteiger partial charge in [-0.05, 0) is 30.5 Å². The van der Waals surface area contributed by atoms with Crippen LogP contribution in [0.5, 0.6) is 0 Å². The zero-order chi connectivity index (χ0) is 23.3. The summed E-state index contributed by atoms with van der Waals surface area (Å²) in [7, 11) is -1.45. The summed E-state index contributed by atoms with van der Waals surface area (Å²) in [6.45, 7) is 2.02. The normalized spacial score (nSPS) is 12.2. The minimum Gasteiger partial charge on any atom is -0.453 e. The van der Waals surface area contributed by atoms with E-state index in [0.717, 1.165) is 22.7 Å². The maximum atomic E-state index is 11.5. The van der Waals surface area contributed by atoms with E-state index in [9.17, 15) is 13.2 Å². The number of thiazole rings is 1. The topological polar surface area (TPSA) is 160 Å². The van der Waals surface area contributed by atoms with Crippen molar-refractivity contribution in [2.75, 3.05) is 22.5 Å². The van der Waals surface area contributed by atoms with E-state index < -0.39 is 16.4 Å². The fourth-order valence-corrected chi connectivity index (χ4v) is 4.06. The highest BCUT2D eigenvalue weighted by atomic mass is 32.2. The van der Waals surface area contributed by atoms with Gasteiger partial charge in [0.05, 0.1) is 29.5 Å². The van der Waals surface area contributed by atoms with Gasteiger partial charge in [0.25, 0.3) is 0 Å². The van der Waals surface area contributed by atoms with Crippen molar-refractivity contribution in [3.05, 3.63) is 45.9 Å². The number of hydrogen-bond donors (Lipinski definition) is 4. The fourth-order valence-electron chi connectivity index (χ4n) is 2.82. The van der Waals surface area contributed by atoms with Crippen LogP contribution in [0.3, 0.4) is 0 Å². The molecule has 0 fully saturated rings. The lowest BCUT2D eigenvalue weighted by Gasteiger charge is -2.16. The average molecular weight is 482 g/mol. The van der Waals surface area contributed by atoms with E-state index >= 15 is 0 Å². The number of amides is 1. The first-order valence-electron chi connectivity index (χ1n) is 9.48. The summed E-state index contributed by atoms with van der Waals surface area (Å²) < 4.78 is 38.9. The molecule has 0 radical (unpaired) electrons. The van der Waals surface area contributed by atoms with Crippen LogP contribution in [0.25, 0.3) is 0 Å². The van der Waals surface area contributed by atoms with Gasteiger partial charge in [-0.3, -0.25) is 14.6 Å². The molecule has 0 saturated heterocycles. The predicted octanol–water partition coefficient (Wildman–Crippen LogP) is 2.62. The number of anilines is 3. The molecular formula is C18H23N7O5S2. The number of carbonyl (C=O) groups is 1. The van der Waals surface area contributed by atoms with Crippen molar-refractivity contribution < 1.29 is 22.5 Å². The lowest BCUT2D eigenvalue weighted by Crippen LogP contribution is -2.16. The maximum absolute atomic E-state index is 11.5. The lowest BCUT2D eigenvalue weighted by molar-refractivity contribution is 0.186. The summed E-state index contributed by atoms with van der Waals surface area (Å²) in [4.78, 5) is 20.4. The molecule has 14 heteroatoms. The number of nitrogens with zero attached hydrogens (tertiary/aromatic N) is 4. The van der Waals surface area contributed by atoms with Gasteiger partial charge < -0.3 is 10.1 Å². The number of carbonyl (C=O) groups excluding carboxylic acids is 1. The summed E-state index contributed by atoms with van der Waals surface area (Å²) in [6.07, 6.45) is 0.647. The van der Waals surface area contributed by atoms with Gasteiger partial charge in [-0.15, -0.1) is 16.4 Å². The van der Waals surface area contributed by atoms with Crippen molar-refractivity contribution in [3.8, 4) is 0 Å². The number of benzene rings is 1. The summed E-state index contributed by atoms with van der Waals surface area (Å²) in [6, 6.07) is 6.29. The highest BCUT2D eigenvalue weighted by molar-refractivity contribution is 7.87. The Hall–Kier alpha value is -3.23. The third-order valence-electron chi connectivity index (χ3n) is 4.34. The molecule has 32 heavy (non-hydrogen) atoms. The van der Waals surface area contributed by atoms with Gasteiger partial charge in [-0.25, -0.2) is 14.5 Å². The Morgan fingerprint density at radius 3 is 2.59 bits per heavy atom. The van der Waals surface area contributed by atoms with Crippen LogP contribution in [0.1, 0.15) is 29.2 Å². The second kappa shape index (κ2) is 9.93. The van der Waals surface area contributed by atoms with Crippen LogP contribution in [-0.2, 0) is 34.9 Å². The molecule has 1 amide bonds. The SMILES string of the molecule is CCc1nc([C@H](Cc2ccc(NS(=O)(=O)O)cc2)Nc2nc(NC(=O)OC)n(C)n2)cs1. The molecule has 0 saturated carbocycles. The highest BCUT2D eigenvalue weighted by Crippen LogP contribution is 2.25. The summed E-state index contributed by atoms with van der Waals surface area (Å²) in [5.74, 6) is 0.505. The van der Waals surface area contributed by atoms with Crippen molar-refractivity contribution >= 4 is 45.3 Å². The van der Waals surface area contributed by atoms with Gasteiger partial charge in [0.1, 0.15) is 0 Å². The molecule has 0 aliphatic carbocycles. The molecule has 3 rings (SSSR count). The monoisotopic (exact) mass is 481 g/mol. The Morgan fingerprint density at radius 2 is 2.00 bits per heavy atom. The number of rotatable bonds is 9. The zero-order valence-corrected chi connectivity index (χ0v) is 19.2. The Labute approximate surface area is 188 Å². The van der Waals surface area contributed by atoms with Gasteiger partial charge in [-0.2, -0.15) is 13.4 Å². The molecule has 2 aromatic heterocycles. The highest BCUT2D eigenvalue weighted by Gasteiger charge is 2.19. The molecule has 3 aromatic rings. The van der Waals surface area contributed by atoms with Crippen molar-refractivity contribution in [1.29, 1.82) is 0 Å². The Bertz CT molecular complexity index is 1170. The molecule has 1 aromatic carbocycles. The van der Waals surface area contributed by atoms with Crippen LogP contribution in [0.2, 0.25) is 0 Å². The smallest absolute Gasteiger partial charge is 0.413 e. The van der Waals surface area contributed by atoms with E-state index in [2.05, 4.69) is 30.4 Å². The minimum atomic E-state index is -4.34. The third-order valence-corrected chi connectivity index (χ3v) is 5.84. The molecule has 172 valence electrons. The van der Waals surface area contributed by atoms with Crippen molar-refractivity contribution in [2.45, 2.75) is 25.8 Å². The van der Waals surface area contributed by atoms with E-state index in [1.807, 2.05) is 17.0 Å².